The normalized spacial score (nSPS) is 10.1. The van der Waals surface area contributed by atoms with Crippen LogP contribution in [0.25, 0.3) is 0 Å². The van der Waals surface area contributed by atoms with Crippen molar-refractivity contribution in [3.63, 3.8) is 0 Å². The van der Waals surface area contributed by atoms with Gasteiger partial charge in [0.1, 0.15) is 0 Å². The molecule has 0 aliphatic heterocycles. The molecule has 0 atom stereocenters. The molecule has 1 aromatic rings. The van der Waals surface area contributed by atoms with Crippen molar-refractivity contribution in [2.75, 3.05) is 13.6 Å². The van der Waals surface area contributed by atoms with Gasteiger partial charge in [0.25, 0.3) is 5.91 Å². The Morgan fingerprint density at radius 3 is 2.65 bits per heavy atom. The lowest BCUT2D eigenvalue weighted by molar-refractivity contribution is -0.137. The summed E-state index contributed by atoms with van der Waals surface area (Å²) in [6.45, 7) is 1.98. The number of aliphatic carboxylic acids is 1. The molecule has 0 saturated carbocycles. The molecule has 0 unspecified atom stereocenters. The van der Waals surface area contributed by atoms with Crippen LogP contribution >= 0.6 is 11.6 Å². The van der Waals surface area contributed by atoms with Crippen molar-refractivity contribution in [2.45, 2.75) is 13.3 Å². The predicted octanol–water partition coefficient (Wildman–Crippen LogP) is 2.20. The lowest BCUT2D eigenvalue weighted by atomic mass is 10.1. The van der Waals surface area contributed by atoms with E-state index in [0.29, 0.717) is 10.6 Å². The number of carboxylic acids is 1. The van der Waals surface area contributed by atoms with Gasteiger partial charge in [0, 0.05) is 13.6 Å². The fraction of sp³-hybridized carbons (Fsp3) is 0.333. The second-order valence-corrected chi connectivity index (χ2v) is 4.18. The van der Waals surface area contributed by atoms with Crippen molar-refractivity contribution in [1.82, 2.24) is 4.90 Å². The second-order valence-electron chi connectivity index (χ2n) is 3.81. The van der Waals surface area contributed by atoms with Crippen LogP contribution in [-0.4, -0.2) is 35.5 Å². The number of carbonyl (C=O) groups excluding carboxylic acids is 1. The van der Waals surface area contributed by atoms with Gasteiger partial charge in [0.15, 0.2) is 0 Å². The number of rotatable bonds is 4. The Labute approximate surface area is 105 Å². The number of aryl methyl sites for hydroxylation is 1. The Hall–Kier alpha value is -1.55. The molecule has 0 bridgehead atoms. The summed E-state index contributed by atoms with van der Waals surface area (Å²) in [4.78, 5) is 23.8. The molecule has 17 heavy (non-hydrogen) atoms. The van der Waals surface area contributed by atoms with Crippen LogP contribution < -0.4 is 0 Å². The molecular formula is C12H14ClNO3. The summed E-state index contributed by atoms with van der Waals surface area (Å²) in [6.07, 6.45) is -0.0777. The van der Waals surface area contributed by atoms with E-state index in [1.54, 1.807) is 19.2 Å². The third-order valence-corrected chi connectivity index (χ3v) is 2.93. The zero-order valence-electron chi connectivity index (χ0n) is 9.74. The molecule has 4 nitrogen and oxygen atoms in total. The zero-order chi connectivity index (χ0) is 13.0. The van der Waals surface area contributed by atoms with Gasteiger partial charge < -0.3 is 10.0 Å². The SMILES string of the molecule is Cc1cccc(C(=O)N(C)CCC(=O)O)c1Cl. The Kier molecular flexibility index (Phi) is 4.52. The van der Waals surface area contributed by atoms with Crippen molar-refractivity contribution in [1.29, 1.82) is 0 Å². The van der Waals surface area contributed by atoms with Gasteiger partial charge in [0.2, 0.25) is 0 Å². The smallest absolute Gasteiger partial charge is 0.305 e. The highest BCUT2D eigenvalue weighted by Gasteiger charge is 2.16. The number of carboxylic acid groups (broad SMARTS) is 1. The summed E-state index contributed by atoms with van der Waals surface area (Å²) in [5.74, 6) is -1.19. The first-order valence-corrected chi connectivity index (χ1v) is 5.53. The van der Waals surface area contributed by atoms with Gasteiger partial charge in [-0.05, 0) is 18.6 Å². The van der Waals surface area contributed by atoms with E-state index in [2.05, 4.69) is 0 Å². The maximum absolute atomic E-state index is 12.0. The molecule has 1 N–H and O–H groups in total. The van der Waals surface area contributed by atoms with Crippen molar-refractivity contribution < 1.29 is 14.7 Å². The largest absolute Gasteiger partial charge is 0.481 e. The van der Waals surface area contributed by atoms with Crippen molar-refractivity contribution >= 4 is 23.5 Å². The number of amides is 1. The van der Waals surface area contributed by atoms with Gasteiger partial charge in [-0.2, -0.15) is 0 Å². The molecule has 0 fully saturated rings. The molecule has 0 aliphatic carbocycles. The topological polar surface area (TPSA) is 57.6 Å². The Balaban J connectivity index is 2.82. The zero-order valence-corrected chi connectivity index (χ0v) is 10.5. The lowest BCUT2D eigenvalue weighted by Crippen LogP contribution is -2.29. The van der Waals surface area contributed by atoms with E-state index >= 15 is 0 Å². The first kappa shape index (κ1) is 13.5. The van der Waals surface area contributed by atoms with E-state index < -0.39 is 5.97 Å². The predicted molar refractivity (Wildman–Crippen MR) is 65.4 cm³/mol. The second kappa shape index (κ2) is 5.68. The van der Waals surface area contributed by atoms with Gasteiger partial charge in [-0.15, -0.1) is 0 Å². The fourth-order valence-electron chi connectivity index (χ4n) is 1.38. The van der Waals surface area contributed by atoms with E-state index in [-0.39, 0.29) is 18.9 Å². The van der Waals surface area contributed by atoms with Crippen LogP contribution in [0.1, 0.15) is 22.3 Å². The van der Waals surface area contributed by atoms with Gasteiger partial charge in [-0.25, -0.2) is 0 Å². The Morgan fingerprint density at radius 2 is 2.06 bits per heavy atom. The van der Waals surface area contributed by atoms with Gasteiger partial charge in [-0.3, -0.25) is 9.59 Å². The summed E-state index contributed by atoms with van der Waals surface area (Å²) < 4.78 is 0. The minimum atomic E-state index is -0.931. The van der Waals surface area contributed by atoms with Gasteiger partial charge in [0.05, 0.1) is 17.0 Å². The number of hydrogen-bond acceptors (Lipinski definition) is 2. The van der Waals surface area contributed by atoms with Crippen molar-refractivity contribution in [2.24, 2.45) is 0 Å². The van der Waals surface area contributed by atoms with E-state index in [1.807, 2.05) is 13.0 Å². The van der Waals surface area contributed by atoms with Gasteiger partial charge >= 0.3 is 5.97 Å². The number of hydrogen-bond donors (Lipinski definition) is 1. The van der Waals surface area contributed by atoms with E-state index in [0.717, 1.165) is 5.56 Å². The van der Waals surface area contributed by atoms with Crippen molar-refractivity contribution in [3.8, 4) is 0 Å². The standard InChI is InChI=1S/C12H14ClNO3/c1-8-4-3-5-9(11(8)13)12(17)14(2)7-6-10(15)16/h3-5H,6-7H2,1-2H3,(H,15,16). The van der Waals surface area contributed by atoms with Crippen LogP contribution in [0.15, 0.2) is 18.2 Å². The van der Waals surface area contributed by atoms with E-state index in [9.17, 15) is 9.59 Å². The summed E-state index contributed by atoms with van der Waals surface area (Å²) in [5, 5.41) is 8.97. The summed E-state index contributed by atoms with van der Waals surface area (Å²) >= 11 is 6.03. The first-order chi connectivity index (χ1) is 7.93. The first-order valence-electron chi connectivity index (χ1n) is 5.16. The molecule has 92 valence electrons. The van der Waals surface area contributed by atoms with Crippen LogP contribution in [-0.2, 0) is 4.79 Å². The fourth-order valence-corrected chi connectivity index (χ4v) is 1.59. The van der Waals surface area contributed by atoms with Crippen LogP contribution in [0.3, 0.4) is 0 Å². The van der Waals surface area contributed by atoms with Crippen LogP contribution in [0, 0.1) is 6.92 Å². The van der Waals surface area contributed by atoms with E-state index in [4.69, 9.17) is 16.7 Å². The van der Waals surface area contributed by atoms with Crippen LogP contribution in [0.4, 0.5) is 0 Å². The number of nitrogens with zero attached hydrogens (tertiary/aromatic N) is 1. The molecule has 1 aromatic carbocycles. The average Bonchev–Trinajstić information content (AvgIpc) is 2.28. The molecule has 0 spiro atoms. The summed E-state index contributed by atoms with van der Waals surface area (Å²) in [7, 11) is 1.56. The lowest BCUT2D eigenvalue weighted by Gasteiger charge is -2.17. The van der Waals surface area contributed by atoms with Gasteiger partial charge in [-0.1, -0.05) is 23.7 Å². The molecule has 1 rings (SSSR count). The maximum atomic E-state index is 12.0. The third-order valence-electron chi connectivity index (χ3n) is 2.43. The molecule has 0 radical (unpaired) electrons. The van der Waals surface area contributed by atoms with Crippen molar-refractivity contribution in [3.05, 3.63) is 34.3 Å². The Bertz CT molecular complexity index is 445. The third kappa shape index (κ3) is 3.46. The minimum Gasteiger partial charge on any atom is -0.481 e. The summed E-state index contributed by atoms with van der Waals surface area (Å²) in [6, 6.07) is 5.20. The molecule has 1 amide bonds. The molecule has 0 aliphatic rings. The van der Waals surface area contributed by atoms with E-state index in [1.165, 1.54) is 4.90 Å². The number of carbonyl (C=O) groups is 2. The molecular weight excluding hydrogens is 242 g/mol. The van der Waals surface area contributed by atoms with Crippen LogP contribution in [0.2, 0.25) is 5.02 Å². The highest BCUT2D eigenvalue weighted by atomic mass is 35.5. The molecule has 0 heterocycles. The monoisotopic (exact) mass is 255 g/mol. The number of benzene rings is 1. The quantitative estimate of drug-likeness (QED) is 0.897. The molecule has 5 heteroatoms. The molecule has 0 aromatic heterocycles. The van der Waals surface area contributed by atoms with Crippen LogP contribution in [0.5, 0.6) is 0 Å². The highest BCUT2D eigenvalue weighted by Crippen LogP contribution is 2.21. The number of halogens is 1. The minimum absolute atomic E-state index is 0.0777. The maximum Gasteiger partial charge on any atom is 0.305 e. The Morgan fingerprint density at radius 1 is 1.41 bits per heavy atom. The summed E-state index contributed by atoms with van der Waals surface area (Å²) in [5.41, 5.74) is 1.23. The highest BCUT2D eigenvalue weighted by molar-refractivity contribution is 6.34. The molecule has 0 saturated heterocycles. The average molecular weight is 256 g/mol.